The van der Waals surface area contributed by atoms with E-state index in [1.807, 2.05) is 36.4 Å². The molecule has 0 fully saturated rings. The van der Waals surface area contributed by atoms with E-state index >= 15 is 0 Å². The van der Waals surface area contributed by atoms with Gasteiger partial charge in [0, 0.05) is 12.3 Å². The van der Waals surface area contributed by atoms with Crippen molar-refractivity contribution in [2.75, 3.05) is 25.6 Å². The standard InChI is InChI=1S/C16H19NO3/c17-14-3-7-16(8-4-14)20-12-11-19-15-5-1-13(2-6-15)9-10-18/h1-8,18H,9-12,17H2. The molecule has 2 aromatic carbocycles. The summed E-state index contributed by atoms with van der Waals surface area (Å²) in [6.07, 6.45) is 0.667. The summed E-state index contributed by atoms with van der Waals surface area (Å²) in [4.78, 5) is 0. The molecule has 0 saturated carbocycles. The van der Waals surface area contributed by atoms with Crippen molar-refractivity contribution in [3.05, 3.63) is 54.1 Å². The second-order valence-electron chi connectivity index (χ2n) is 4.38. The molecule has 20 heavy (non-hydrogen) atoms. The Morgan fingerprint density at radius 1 is 0.800 bits per heavy atom. The maximum atomic E-state index is 8.83. The van der Waals surface area contributed by atoms with Crippen LogP contribution in [0.1, 0.15) is 5.56 Å². The zero-order valence-electron chi connectivity index (χ0n) is 11.3. The van der Waals surface area contributed by atoms with Crippen molar-refractivity contribution in [2.45, 2.75) is 6.42 Å². The lowest BCUT2D eigenvalue weighted by atomic mass is 10.1. The molecular formula is C16H19NO3. The second kappa shape index (κ2) is 7.40. The van der Waals surface area contributed by atoms with Gasteiger partial charge < -0.3 is 20.3 Å². The fourth-order valence-electron chi connectivity index (χ4n) is 1.76. The molecule has 4 heteroatoms. The SMILES string of the molecule is Nc1ccc(OCCOc2ccc(CCO)cc2)cc1. The summed E-state index contributed by atoms with van der Waals surface area (Å²) in [6, 6.07) is 15.0. The average molecular weight is 273 g/mol. The number of hydrogen-bond acceptors (Lipinski definition) is 4. The first-order valence-electron chi connectivity index (χ1n) is 6.59. The zero-order valence-corrected chi connectivity index (χ0v) is 11.3. The minimum absolute atomic E-state index is 0.162. The molecule has 106 valence electrons. The lowest BCUT2D eigenvalue weighted by molar-refractivity contribution is 0.217. The van der Waals surface area contributed by atoms with Crippen LogP contribution in [0.2, 0.25) is 0 Å². The molecule has 0 saturated heterocycles. The first kappa shape index (κ1) is 14.2. The van der Waals surface area contributed by atoms with Gasteiger partial charge in [-0.1, -0.05) is 12.1 Å². The van der Waals surface area contributed by atoms with E-state index in [4.69, 9.17) is 20.3 Å². The maximum Gasteiger partial charge on any atom is 0.122 e. The van der Waals surface area contributed by atoms with Gasteiger partial charge in [0.1, 0.15) is 24.7 Å². The Morgan fingerprint density at radius 3 is 1.80 bits per heavy atom. The van der Waals surface area contributed by atoms with Gasteiger partial charge in [-0.3, -0.25) is 0 Å². The van der Waals surface area contributed by atoms with Crippen molar-refractivity contribution in [3.8, 4) is 11.5 Å². The summed E-state index contributed by atoms with van der Waals surface area (Å²) in [5.41, 5.74) is 7.41. The van der Waals surface area contributed by atoms with E-state index in [1.165, 1.54) is 0 Å². The van der Waals surface area contributed by atoms with Crippen LogP contribution in [0.3, 0.4) is 0 Å². The van der Waals surface area contributed by atoms with Crippen molar-refractivity contribution in [1.29, 1.82) is 0 Å². The first-order valence-corrected chi connectivity index (χ1v) is 6.59. The van der Waals surface area contributed by atoms with E-state index in [9.17, 15) is 0 Å². The second-order valence-corrected chi connectivity index (χ2v) is 4.38. The molecule has 0 heterocycles. The first-order chi connectivity index (χ1) is 9.78. The molecule has 0 radical (unpaired) electrons. The molecule has 0 bridgehead atoms. The van der Waals surface area contributed by atoms with Gasteiger partial charge in [-0.05, 0) is 48.4 Å². The van der Waals surface area contributed by atoms with E-state index in [1.54, 1.807) is 12.1 Å². The summed E-state index contributed by atoms with van der Waals surface area (Å²) in [6.45, 7) is 1.11. The summed E-state index contributed by atoms with van der Waals surface area (Å²) in [5, 5.41) is 8.83. The highest BCUT2D eigenvalue weighted by Crippen LogP contribution is 2.14. The summed E-state index contributed by atoms with van der Waals surface area (Å²) in [5.74, 6) is 1.58. The van der Waals surface area contributed by atoms with Gasteiger partial charge in [0.15, 0.2) is 0 Å². The van der Waals surface area contributed by atoms with Crippen molar-refractivity contribution in [2.24, 2.45) is 0 Å². The third-order valence-electron chi connectivity index (χ3n) is 2.82. The highest BCUT2D eigenvalue weighted by molar-refractivity contribution is 5.41. The lowest BCUT2D eigenvalue weighted by Crippen LogP contribution is -2.09. The molecule has 4 nitrogen and oxygen atoms in total. The molecule has 0 atom stereocenters. The van der Waals surface area contributed by atoms with Crippen molar-refractivity contribution in [3.63, 3.8) is 0 Å². The highest BCUT2D eigenvalue weighted by Gasteiger charge is 1.97. The van der Waals surface area contributed by atoms with Crippen molar-refractivity contribution >= 4 is 5.69 Å². The van der Waals surface area contributed by atoms with Crippen molar-refractivity contribution < 1.29 is 14.6 Å². The van der Waals surface area contributed by atoms with Crippen LogP contribution < -0.4 is 15.2 Å². The van der Waals surface area contributed by atoms with Gasteiger partial charge in [-0.15, -0.1) is 0 Å². The van der Waals surface area contributed by atoms with Gasteiger partial charge >= 0.3 is 0 Å². The fraction of sp³-hybridized carbons (Fsp3) is 0.250. The Kier molecular flexibility index (Phi) is 5.26. The molecule has 2 rings (SSSR count). The predicted octanol–water partition coefficient (Wildman–Crippen LogP) is 2.26. The molecule has 0 aromatic heterocycles. The molecule has 0 unspecified atom stereocenters. The Hall–Kier alpha value is -2.20. The van der Waals surface area contributed by atoms with E-state index < -0.39 is 0 Å². The van der Waals surface area contributed by atoms with Crippen LogP contribution in [0.15, 0.2) is 48.5 Å². The molecule has 0 spiro atoms. The normalized spacial score (nSPS) is 10.2. The zero-order chi connectivity index (χ0) is 14.2. The summed E-state index contributed by atoms with van der Waals surface area (Å²) < 4.78 is 11.1. The summed E-state index contributed by atoms with van der Waals surface area (Å²) in [7, 11) is 0. The minimum atomic E-state index is 0.162. The van der Waals surface area contributed by atoms with E-state index in [0.717, 1.165) is 22.7 Å². The number of aliphatic hydroxyl groups excluding tert-OH is 1. The number of ether oxygens (including phenoxy) is 2. The fourth-order valence-corrected chi connectivity index (χ4v) is 1.76. The number of aliphatic hydroxyl groups is 1. The van der Waals surface area contributed by atoms with Crippen LogP contribution >= 0.6 is 0 Å². The van der Waals surface area contributed by atoms with E-state index in [0.29, 0.717) is 19.6 Å². The van der Waals surface area contributed by atoms with Crippen LogP contribution in [0.4, 0.5) is 5.69 Å². The molecule has 0 aliphatic carbocycles. The van der Waals surface area contributed by atoms with Gasteiger partial charge in [0.05, 0.1) is 0 Å². The van der Waals surface area contributed by atoms with Crippen LogP contribution in [0, 0.1) is 0 Å². The van der Waals surface area contributed by atoms with E-state index in [-0.39, 0.29) is 6.61 Å². The van der Waals surface area contributed by atoms with Gasteiger partial charge in [-0.2, -0.15) is 0 Å². The van der Waals surface area contributed by atoms with E-state index in [2.05, 4.69) is 0 Å². The van der Waals surface area contributed by atoms with Crippen LogP contribution in [0.25, 0.3) is 0 Å². The molecule has 3 N–H and O–H groups in total. The number of rotatable bonds is 7. The van der Waals surface area contributed by atoms with Crippen LogP contribution in [-0.4, -0.2) is 24.9 Å². The average Bonchev–Trinajstić information content (AvgIpc) is 2.47. The largest absolute Gasteiger partial charge is 0.490 e. The maximum absolute atomic E-state index is 8.83. The smallest absolute Gasteiger partial charge is 0.122 e. The van der Waals surface area contributed by atoms with Crippen LogP contribution in [0.5, 0.6) is 11.5 Å². The van der Waals surface area contributed by atoms with Gasteiger partial charge in [-0.25, -0.2) is 0 Å². The number of nitrogen functional groups attached to an aromatic ring is 1. The Bertz CT molecular complexity index is 508. The minimum Gasteiger partial charge on any atom is -0.490 e. The molecular weight excluding hydrogens is 254 g/mol. The number of hydrogen-bond donors (Lipinski definition) is 2. The monoisotopic (exact) mass is 273 g/mol. The Morgan fingerprint density at radius 2 is 1.30 bits per heavy atom. The van der Waals surface area contributed by atoms with Crippen molar-refractivity contribution in [1.82, 2.24) is 0 Å². The topological polar surface area (TPSA) is 64.7 Å². The molecule has 0 aliphatic heterocycles. The van der Waals surface area contributed by atoms with Gasteiger partial charge in [0.25, 0.3) is 0 Å². The third kappa shape index (κ3) is 4.48. The Balaban J connectivity index is 1.71. The molecule has 0 aliphatic rings. The third-order valence-corrected chi connectivity index (χ3v) is 2.82. The van der Waals surface area contributed by atoms with Crippen LogP contribution in [-0.2, 0) is 6.42 Å². The Labute approximate surface area is 118 Å². The number of benzene rings is 2. The quantitative estimate of drug-likeness (QED) is 0.600. The van der Waals surface area contributed by atoms with Gasteiger partial charge in [0.2, 0.25) is 0 Å². The lowest BCUT2D eigenvalue weighted by Gasteiger charge is -2.09. The number of nitrogens with two attached hydrogens (primary N) is 1. The number of anilines is 1. The molecule has 2 aromatic rings. The predicted molar refractivity (Wildman–Crippen MR) is 79.1 cm³/mol. The summed E-state index contributed by atoms with van der Waals surface area (Å²) >= 11 is 0. The molecule has 0 amide bonds. The highest BCUT2D eigenvalue weighted by atomic mass is 16.5.